The van der Waals surface area contributed by atoms with E-state index in [0.29, 0.717) is 17.3 Å². The van der Waals surface area contributed by atoms with Crippen molar-refractivity contribution in [1.29, 1.82) is 0 Å². The molecule has 1 aliphatic heterocycles. The third-order valence-electron chi connectivity index (χ3n) is 4.78. The van der Waals surface area contributed by atoms with Crippen molar-refractivity contribution in [3.8, 4) is 0 Å². The maximum absolute atomic E-state index is 12.9. The Balaban J connectivity index is 1.88. The molecule has 190 valence electrons. The van der Waals surface area contributed by atoms with Gasteiger partial charge < -0.3 is 14.8 Å². The molecule has 1 N–H and O–H groups in total. The van der Waals surface area contributed by atoms with Crippen LogP contribution in [-0.2, 0) is 33.4 Å². The first-order valence-corrected chi connectivity index (χ1v) is 11.3. The van der Waals surface area contributed by atoms with E-state index in [1.807, 2.05) is 0 Å². The maximum atomic E-state index is 12.9. The number of ether oxygens (including phenoxy) is 2. The second-order valence-electron chi connectivity index (χ2n) is 7.16. The minimum atomic E-state index is -4.71. The van der Waals surface area contributed by atoms with E-state index in [-0.39, 0.29) is 29.6 Å². The van der Waals surface area contributed by atoms with Crippen molar-refractivity contribution < 1.29 is 32.2 Å². The van der Waals surface area contributed by atoms with Gasteiger partial charge in [-0.05, 0) is 23.3 Å². The number of nitrogens with one attached hydrogen (secondary N) is 1. The lowest BCUT2D eigenvalue weighted by atomic mass is 9.93. The van der Waals surface area contributed by atoms with Crippen LogP contribution in [0.1, 0.15) is 16.7 Å². The Kier molecular flexibility index (Phi) is 8.37. The van der Waals surface area contributed by atoms with Crippen LogP contribution in [0.15, 0.2) is 18.3 Å². The fourth-order valence-electron chi connectivity index (χ4n) is 3.20. The lowest BCUT2D eigenvalue weighted by molar-refractivity contribution is -0.147. The van der Waals surface area contributed by atoms with E-state index < -0.39 is 45.4 Å². The van der Waals surface area contributed by atoms with Gasteiger partial charge in [0.1, 0.15) is 23.4 Å². The zero-order valence-corrected chi connectivity index (χ0v) is 21.2. The lowest BCUT2D eigenvalue weighted by Crippen LogP contribution is -2.49. The molecule has 1 aromatic heterocycles. The molecule has 1 atom stereocenters. The van der Waals surface area contributed by atoms with Crippen molar-refractivity contribution in [2.75, 3.05) is 19.0 Å². The summed E-state index contributed by atoms with van der Waals surface area (Å²) in [5.74, 6) is -0.953. The quantitative estimate of drug-likeness (QED) is 0.265. The molecule has 16 heteroatoms. The summed E-state index contributed by atoms with van der Waals surface area (Å²) in [6.07, 6.45) is -5.08. The number of rotatable bonds is 4. The number of methoxy groups -OCH3 is 1. The van der Waals surface area contributed by atoms with Gasteiger partial charge in [0.25, 0.3) is 0 Å². The highest BCUT2D eigenvalue weighted by atomic mass is 35.6. The summed E-state index contributed by atoms with van der Waals surface area (Å²) in [6, 6.07) is 1.99. The number of fused-ring (bicyclic) bond motifs is 1. The zero-order valence-electron chi connectivity index (χ0n) is 17.4. The van der Waals surface area contributed by atoms with Crippen LogP contribution in [0, 0.1) is 0 Å². The Labute approximate surface area is 221 Å². The number of anilines is 2. The van der Waals surface area contributed by atoms with E-state index in [0.717, 1.165) is 12.0 Å². The van der Waals surface area contributed by atoms with Crippen molar-refractivity contribution in [1.82, 2.24) is 14.9 Å². The molecule has 1 aromatic carbocycles. The van der Waals surface area contributed by atoms with Gasteiger partial charge >= 0.3 is 18.2 Å². The Bertz CT molecular complexity index is 1150. The fraction of sp³-hybridized carbons (Fsp3) is 0.368. The van der Waals surface area contributed by atoms with E-state index in [1.54, 1.807) is 6.07 Å². The number of hydrogen-bond donors (Lipinski definition) is 1. The van der Waals surface area contributed by atoms with Gasteiger partial charge in [-0.15, -0.1) is 0 Å². The van der Waals surface area contributed by atoms with Gasteiger partial charge in [0, 0.05) is 12.6 Å². The maximum Gasteiger partial charge on any atom is 0.420 e. The first kappa shape index (κ1) is 27.7. The Morgan fingerprint density at radius 2 is 1.89 bits per heavy atom. The molecule has 0 radical (unpaired) electrons. The number of hydrogen-bond acceptors (Lipinski definition) is 7. The molecular formula is C19H14Cl5F3N4O4. The summed E-state index contributed by atoms with van der Waals surface area (Å²) in [4.78, 5) is 33.3. The Hall–Kier alpha value is -1.92. The smallest absolute Gasteiger partial charge is 0.420 e. The molecule has 0 aliphatic carbocycles. The van der Waals surface area contributed by atoms with Crippen molar-refractivity contribution in [3.63, 3.8) is 0 Å². The number of carbonyl (C=O) groups excluding carboxylic acids is 2. The number of alkyl halides is 6. The van der Waals surface area contributed by atoms with Crippen molar-refractivity contribution in [2.45, 2.75) is 29.0 Å². The molecule has 0 spiro atoms. The van der Waals surface area contributed by atoms with Crippen LogP contribution in [-0.4, -0.2) is 50.5 Å². The van der Waals surface area contributed by atoms with Crippen LogP contribution in [0.4, 0.5) is 29.6 Å². The number of nitrogens with zero attached hydrogens (tertiary/aromatic N) is 3. The highest BCUT2D eigenvalue weighted by molar-refractivity contribution is 6.67. The third-order valence-corrected chi connectivity index (χ3v) is 5.71. The normalized spacial score (nSPS) is 15.9. The molecule has 0 saturated heterocycles. The summed E-state index contributed by atoms with van der Waals surface area (Å²) in [7, 11) is 1.16. The Morgan fingerprint density at radius 3 is 2.46 bits per heavy atom. The summed E-state index contributed by atoms with van der Waals surface area (Å²) in [5.41, 5.74) is 0.203. The first-order valence-electron chi connectivity index (χ1n) is 9.45. The monoisotopic (exact) mass is 594 g/mol. The molecule has 8 nitrogen and oxygen atoms in total. The summed E-state index contributed by atoms with van der Waals surface area (Å²) in [6.45, 7) is -0.635. The molecule has 0 saturated carbocycles. The minimum absolute atomic E-state index is 0.00531. The standard InChI is InChI=1S/C19H14Cl5F3N4O4/c1-34-15(32)13-4-8-3-12(29-16-28-5-10(14(21)30-16)19(25,26)27)11(20)2-9(8)6-31(13)17(33)35-7-18(22,23)24/h2-3,5,13H,4,6-7H2,1H3,(H,28,29,30). The summed E-state index contributed by atoms with van der Waals surface area (Å²) in [5, 5.41) is 2.04. The van der Waals surface area contributed by atoms with Gasteiger partial charge in [-0.1, -0.05) is 58.0 Å². The number of halogens is 8. The largest absolute Gasteiger partial charge is 0.467 e. The average Bonchev–Trinajstić information content (AvgIpc) is 2.75. The van der Waals surface area contributed by atoms with Gasteiger partial charge in [0.2, 0.25) is 9.74 Å². The van der Waals surface area contributed by atoms with Crippen LogP contribution in [0.3, 0.4) is 0 Å². The summed E-state index contributed by atoms with van der Waals surface area (Å²) >= 11 is 28.8. The molecule has 3 rings (SSSR count). The van der Waals surface area contributed by atoms with E-state index in [9.17, 15) is 22.8 Å². The number of amides is 1. The molecule has 1 aliphatic rings. The second-order valence-corrected chi connectivity index (χ2v) is 10.4. The highest BCUT2D eigenvalue weighted by Crippen LogP contribution is 2.36. The molecule has 35 heavy (non-hydrogen) atoms. The van der Waals surface area contributed by atoms with Crippen LogP contribution in [0.5, 0.6) is 0 Å². The molecule has 2 heterocycles. The van der Waals surface area contributed by atoms with Crippen LogP contribution in [0.25, 0.3) is 0 Å². The van der Waals surface area contributed by atoms with Crippen molar-refractivity contribution >= 4 is 81.7 Å². The van der Waals surface area contributed by atoms with Gasteiger partial charge in [-0.2, -0.15) is 13.2 Å². The third kappa shape index (κ3) is 6.85. The van der Waals surface area contributed by atoms with Gasteiger partial charge in [0.05, 0.1) is 24.4 Å². The molecule has 2 aromatic rings. The van der Waals surface area contributed by atoms with E-state index in [2.05, 4.69) is 15.3 Å². The molecule has 1 amide bonds. The predicted molar refractivity (Wildman–Crippen MR) is 123 cm³/mol. The van der Waals surface area contributed by atoms with Gasteiger partial charge in [-0.3, -0.25) is 4.90 Å². The van der Waals surface area contributed by atoms with Crippen LogP contribution < -0.4 is 5.32 Å². The van der Waals surface area contributed by atoms with Crippen molar-refractivity contribution in [2.24, 2.45) is 0 Å². The van der Waals surface area contributed by atoms with Crippen molar-refractivity contribution in [3.05, 3.63) is 45.2 Å². The zero-order chi connectivity index (χ0) is 26.1. The summed E-state index contributed by atoms with van der Waals surface area (Å²) < 4.78 is 46.6. The van der Waals surface area contributed by atoms with E-state index >= 15 is 0 Å². The number of benzene rings is 1. The van der Waals surface area contributed by atoms with E-state index in [1.165, 1.54) is 6.07 Å². The first-order chi connectivity index (χ1) is 16.2. The van der Waals surface area contributed by atoms with Crippen LogP contribution in [0.2, 0.25) is 10.2 Å². The lowest BCUT2D eigenvalue weighted by Gasteiger charge is -2.35. The van der Waals surface area contributed by atoms with Gasteiger partial charge in [-0.25, -0.2) is 19.6 Å². The van der Waals surface area contributed by atoms with Gasteiger partial charge in [0.15, 0.2) is 0 Å². The average molecular weight is 597 g/mol. The molecule has 0 fully saturated rings. The minimum Gasteiger partial charge on any atom is -0.467 e. The topological polar surface area (TPSA) is 93.6 Å². The number of carbonyl (C=O) groups is 2. The number of esters is 1. The molecule has 0 bridgehead atoms. The molecule has 1 unspecified atom stereocenters. The molecular weight excluding hydrogens is 582 g/mol. The van der Waals surface area contributed by atoms with E-state index in [4.69, 9.17) is 67.5 Å². The SMILES string of the molecule is COC(=O)C1Cc2cc(Nc3ncc(C(F)(F)F)c(Cl)n3)c(Cl)cc2CN1C(=O)OCC(Cl)(Cl)Cl. The predicted octanol–water partition coefficient (Wildman–Crippen LogP) is 5.95. The second kappa shape index (κ2) is 10.6. The van der Waals surface area contributed by atoms with Crippen LogP contribution >= 0.6 is 58.0 Å². The number of aromatic nitrogens is 2. The Morgan fingerprint density at radius 1 is 1.20 bits per heavy atom. The highest BCUT2D eigenvalue weighted by Gasteiger charge is 2.38. The fourth-order valence-corrected chi connectivity index (χ4v) is 3.83.